The Morgan fingerprint density at radius 3 is 2.67 bits per heavy atom. The first-order chi connectivity index (χ1) is 11.5. The first-order valence-electron chi connectivity index (χ1n) is 7.77. The summed E-state index contributed by atoms with van der Waals surface area (Å²) >= 11 is 1.05. The van der Waals surface area contributed by atoms with Gasteiger partial charge in [-0.3, -0.25) is 9.36 Å². The number of thioether (sulfide) groups is 1. The zero-order chi connectivity index (χ0) is 17.3. The van der Waals surface area contributed by atoms with Crippen LogP contribution < -0.4 is 0 Å². The number of morpholine rings is 1. The van der Waals surface area contributed by atoms with Crippen LogP contribution in [0.15, 0.2) is 29.4 Å². The zero-order valence-electron chi connectivity index (χ0n) is 13.5. The highest BCUT2D eigenvalue weighted by Gasteiger charge is 2.26. The minimum Gasteiger partial charge on any atom is -0.372 e. The highest BCUT2D eigenvalue weighted by Crippen LogP contribution is 2.29. The van der Waals surface area contributed by atoms with Crippen LogP contribution in [0.25, 0.3) is 11.0 Å². The maximum Gasteiger partial charge on any atom is 0.321 e. The molecule has 2 unspecified atom stereocenters. The van der Waals surface area contributed by atoms with Gasteiger partial charge in [0, 0.05) is 13.1 Å². The smallest absolute Gasteiger partial charge is 0.321 e. The quantitative estimate of drug-likeness (QED) is 0.791. The highest BCUT2D eigenvalue weighted by molar-refractivity contribution is 7.99. The van der Waals surface area contributed by atoms with Crippen LogP contribution in [0.1, 0.15) is 20.4 Å². The van der Waals surface area contributed by atoms with Crippen LogP contribution in [-0.4, -0.2) is 51.4 Å². The second-order valence-electron chi connectivity index (χ2n) is 5.88. The number of para-hydroxylation sites is 2. The van der Waals surface area contributed by atoms with Crippen molar-refractivity contribution in [3.05, 3.63) is 24.3 Å². The SMILES string of the molecule is CC1CN(C(=O)CSc2nc3ccccc3n2C(F)F)CC(C)O1. The van der Waals surface area contributed by atoms with E-state index in [1.165, 1.54) is 0 Å². The van der Waals surface area contributed by atoms with Gasteiger partial charge in [0.05, 0.1) is 29.0 Å². The van der Waals surface area contributed by atoms with Crippen LogP contribution in [0.4, 0.5) is 8.78 Å². The summed E-state index contributed by atoms with van der Waals surface area (Å²) < 4.78 is 33.2. The number of aromatic nitrogens is 2. The molecule has 0 spiro atoms. The molecule has 0 saturated carbocycles. The molecule has 0 aliphatic carbocycles. The molecule has 3 rings (SSSR count). The van der Waals surface area contributed by atoms with E-state index < -0.39 is 6.55 Å². The number of alkyl halides is 2. The highest BCUT2D eigenvalue weighted by atomic mass is 32.2. The minimum atomic E-state index is -2.70. The van der Waals surface area contributed by atoms with Gasteiger partial charge in [-0.25, -0.2) is 4.98 Å². The summed E-state index contributed by atoms with van der Waals surface area (Å²) in [4.78, 5) is 18.3. The van der Waals surface area contributed by atoms with Crippen molar-refractivity contribution in [2.45, 2.75) is 37.8 Å². The van der Waals surface area contributed by atoms with Gasteiger partial charge >= 0.3 is 6.55 Å². The summed E-state index contributed by atoms with van der Waals surface area (Å²) in [5.41, 5.74) is 0.873. The molecule has 2 atom stereocenters. The molecule has 24 heavy (non-hydrogen) atoms. The van der Waals surface area contributed by atoms with Gasteiger partial charge in [0.15, 0.2) is 5.16 Å². The number of nitrogens with zero attached hydrogens (tertiary/aromatic N) is 3. The fraction of sp³-hybridized carbons (Fsp3) is 0.500. The number of amides is 1. The van der Waals surface area contributed by atoms with E-state index in [0.717, 1.165) is 16.3 Å². The number of benzene rings is 1. The maximum atomic E-state index is 13.4. The van der Waals surface area contributed by atoms with Crippen molar-refractivity contribution in [2.75, 3.05) is 18.8 Å². The summed E-state index contributed by atoms with van der Waals surface area (Å²) in [6.45, 7) is 2.18. The van der Waals surface area contributed by atoms with Crippen LogP contribution >= 0.6 is 11.8 Å². The van der Waals surface area contributed by atoms with Crippen molar-refractivity contribution in [3.63, 3.8) is 0 Å². The Labute approximate surface area is 143 Å². The second kappa shape index (κ2) is 7.06. The van der Waals surface area contributed by atoms with Gasteiger partial charge in [0.1, 0.15) is 0 Å². The number of carbonyl (C=O) groups excluding carboxylic acids is 1. The van der Waals surface area contributed by atoms with Crippen LogP contribution in [0.2, 0.25) is 0 Å². The van der Waals surface area contributed by atoms with Crippen molar-refractivity contribution in [1.29, 1.82) is 0 Å². The third-order valence-electron chi connectivity index (χ3n) is 3.86. The molecule has 0 bridgehead atoms. The average Bonchev–Trinajstić information content (AvgIpc) is 2.90. The summed E-state index contributed by atoms with van der Waals surface area (Å²) in [5.74, 6) is -0.00923. The number of ether oxygens (including phenoxy) is 1. The Bertz CT molecular complexity index is 727. The van der Waals surface area contributed by atoms with E-state index in [0.29, 0.717) is 24.1 Å². The minimum absolute atomic E-state index is 0.0201. The average molecular weight is 355 g/mol. The van der Waals surface area contributed by atoms with Gasteiger partial charge in [0.2, 0.25) is 5.91 Å². The van der Waals surface area contributed by atoms with E-state index in [9.17, 15) is 13.6 Å². The number of hydrogen-bond donors (Lipinski definition) is 0. The number of halogens is 2. The van der Waals surface area contributed by atoms with Crippen molar-refractivity contribution < 1.29 is 18.3 Å². The maximum absolute atomic E-state index is 13.4. The van der Waals surface area contributed by atoms with Crippen molar-refractivity contribution in [3.8, 4) is 0 Å². The van der Waals surface area contributed by atoms with Crippen molar-refractivity contribution >= 4 is 28.7 Å². The Kier molecular flexibility index (Phi) is 5.05. The van der Waals surface area contributed by atoms with E-state index in [-0.39, 0.29) is 29.0 Å². The molecule has 1 fully saturated rings. The van der Waals surface area contributed by atoms with Crippen LogP contribution in [0, 0.1) is 0 Å². The molecule has 0 N–H and O–H groups in total. The number of rotatable bonds is 4. The molecule has 2 heterocycles. The number of imidazole rings is 1. The molecule has 2 aromatic rings. The first kappa shape index (κ1) is 17.2. The van der Waals surface area contributed by atoms with E-state index in [1.807, 2.05) is 13.8 Å². The summed E-state index contributed by atoms with van der Waals surface area (Å²) in [5, 5.41) is 0.161. The predicted molar refractivity (Wildman–Crippen MR) is 88.3 cm³/mol. The molecule has 0 radical (unpaired) electrons. The van der Waals surface area contributed by atoms with E-state index in [2.05, 4.69) is 4.98 Å². The first-order valence-corrected chi connectivity index (χ1v) is 8.75. The lowest BCUT2D eigenvalue weighted by Crippen LogP contribution is -2.48. The summed E-state index contributed by atoms with van der Waals surface area (Å²) in [6.07, 6.45) is -0.0401. The largest absolute Gasteiger partial charge is 0.372 e. The van der Waals surface area contributed by atoms with Gasteiger partial charge in [0.25, 0.3) is 0 Å². The Balaban J connectivity index is 1.73. The molecule has 8 heteroatoms. The third kappa shape index (κ3) is 3.54. The summed E-state index contributed by atoms with van der Waals surface area (Å²) in [7, 11) is 0. The Morgan fingerprint density at radius 2 is 2.00 bits per heavy atom. The number of hydrogen-bond acceptors (Lipinski definition) is 4. The molecule has 1 amide bonds. The molecule has 1 saturated heterocycles. The fourth-order valence-electron chi connectivity index (χ4n) is 2.91. The fourth-order valence-corrected chi connectivity index (χ4v) is 3.83. The van der Waals surface area contributed by atoms with E-state index in [4.69, 9.17) is 4.74 Å². The lowest BCUT2D eigenvalue weighted by atomic mass is 10.2. The zero-order valence-corrected chi connectivity index (χ0v) is 14.3. The monoisotopic (exact) mass is 355 g/mol. The van der Waals surface area contributed by atoms with Crippen molar-refractivity contribution in [1.82, 2.24) is 14.5 Å². The van der Waals surface area contributed by atoms with Gasteiger partial charge in [-0.2, -0.15) is 8.78 Å². The van der Waals surface area contributed by atoms with Crippen LogP contribution in [0.5, 0.6) is 0 Å². The summed E-state index contributed by atoms with van der Waals surface area (Å²) in [6, 6.07) is 6.73. The lowest BCUT2D eigenvalue weighted by Gasteiger charge is -2.35. The topological polar surface area (TPSA) is 47.4 Å². The second-order valence-corrected chi connectivity index (χ2v) is 6.82. The van der Waals surface area contributed by atoms with Crippen LogP contribution in [-0.2, 0) is 9.53 Å². The van der Waals surface area contributed by atoms with Gasteiger partial charge in [-0.15, -0.1) is 0 Å². The molecule has 130 valence electrons. The van der Waals surface area contributed by atoms with Gasteiger partial charge in [-0.1, -0.05) is 23.9 Å². The molecular weight excluding hydrogens is 336 g/mol. The molecule has 5 nitrogen and oxygen atoms in total. The van der Waals surface area contributed by atoms with Gasteiger partial charge in [-0.05, 0) is 26.0 Å². The van der Waals surface area contributed by atoms with Crippen LogP contribution in [0.3, 0.4) is 0 Å². The third-order valence-corrected chi connectivity index (χ3v) is 4.79. The van der Waals surface area contributed by atoms with Crippen molar-refractivity contribution in [2.24, 2.45) is 0 Å². The predicted octanol–water partition coefficient (Wildman–Crippen LogP) is 3.16. The molecular formula is C16H19F2N3O2S. The Morgan fingerprint density at radius 1 is 1.33 bits per heavy atom. The molecule has 1 aromatic carbocycles. The molecule has 1 aliphatic heterocycles. The van der Waals surface area contributed by atoms with Gasteiger partial charge < -0.3 is 9.64 Å². The number of carbonyl (C=O) groups is 1. The standard InChI is InChI=1S/C16H19F2N3O2S/c1-10-7-20(8-11(2)23-10)14(22)9-24-16-19-12-5-3-4-6-13(12)21(16)15(17)18/h3-6,10-11,15H,7-9H2,1-2H3. The lowest BCUT2D eigenvalue weighted by molar-refractivity contribution is -0.140. The normalized spacial score (nSPS) is 21.6. The molecule has 1 aliphatic rings. The van der Waals surface area contributed by atoms with E-state index >= 15 is 0 Å². The molecule has 1 aromatic heterocycles. The number of fused-ring (bicyclic) bond motifs is 1. The van der Waals surface area contributed by atoms with E-state index in [1.54, 1.807) is 29.2 Å². The Hall–Kier alpha value is -1.67.